The summed E-state index contributed by atoms with van der Waals surface area (Å²) in [7, 11) is 0. The Morgan fingerprint density at radius 2 is 1.87 bits per heavy atom. The highest BCUT2D eigenvalue weighted by molar-refractivity contribution is 7.15. The molecule has 0 aliphatic heterocycles. The molecule has 8 heteroatoms. The van der Waals surface area contributed by atoms with Gasteiger partial charge in [0.25, 0.3) is 0 Å². The van der Waals surface area contributed by atoms with Gasteiger partial charge in [-0.2, -0.15) is 17.6 Å². The molecule has 1 aromatic heterocycles. The van der Waals surface area contributed by atoms with Crippen molar-refractivity contribution in [1.82, 2.24) is 10.2 Å². The van der Waals surface area contributed by atoms with E-state index >= 15 is 0 Å². The second-order valence-corrected chi connectivity index (χ2v) is 4.74. The lowest BCUT2D eigenvalue weighted by molar-refractivity contribution is -0.323. The van der Waals surface area contributed by atoms with Gasteiger partial charge in [-0.1, -0.05) is 11.3 Å². The third kappa shape index (κ3) is 1.11. The molecule has 0 aromatic carbocycles. The van der Waals surface area contributed by atoms with Crippen LogP contribution in [0.5, 0.6) is 0 Å². The van der Waals surface area contributed by atoms with Gasteiger partial charge in [0.2, 0.25) is 5.13 Å². The maximum absolute atomic E-state index is 13.2. The Balaban J connectivity index is 2.39. The van der Waals surface area contributed by atoms with E-state index in [1.54, 1.807) is 0 Å². The van der Waals surface area contributed by atoms with Crippen LogP contribution in [-0.4, -0.2) is 22.0 Å². The maximum Gasteiger partial charge on any atom is 0.322 e. The number of aromatic nitrogens is 2. The van der Waals surface area contributed by atoms with Crippen molar-refractivity contribution in [3.8, 4) is 0 Å². The molecule has 0 spiro atoms. The molecular formula is C7H7F4N3S. The van der Waals surface area contributed by atoms with Gasteiger partial charge in [-0.3, -0.25) is 0 Å². The molecule has 2 rings (SSSR count). The van der Waals surface area contributed by atoms with Gasteiger partial charge in [0.05, 0.1) is 5.41 Å². The summed E-state index contributed by atoms with van der Waals surface area (Å²) in [5, 5.41) is 6.60. The summed E-state index contributed by atoms with van der Waals surface area (Å²) in [5.74, 6) is -8.06. The number of nitrogen functional groups attached to an aromatic ring is 1. The first-order valence-corrected chi connectivity index (χ1v) is 4.87. The Morgan fingerprint density at radius 3 is 2.20 bits per heavy atom. The molecular weight excluding hydrogens is 234 g/mol. The Hall–Kier alpha value is -0.920. The van der Waals surface area contributed by atoms with Gasteiger partial charge in [-0.05, 0) is 6.92 Å². The molecule has 3 nitrogen and oxygen atoms in total. The Bertz CT molecular complexity index is 405. The van der Waals surface area contributed by atoms with Gasteiger partial charge >= 0.3 is 11.8 Å². The van der Waals surface area contributed by atoms with E-state index in [9.17, 15) is 17.6 Å². The highest BCUT2D eigenvalue weighted by atomic mass is 32.1. The number of nitrogens with zero attached hydrogens (tertiary/aromatic N) is 2. The number of nitrogens with two attached hydrogens (primary N) is 1. The van der Waals surface area contributed by atoms with Crippen LogP contribution in [0.1, 0.15) is 18.4 Å². The number of alkyl halides is 4. The largest absolute Gasteiger partial charge is 0.374 e. The van der Waals surface area contributed by atoms with Gasteiger partial charge in [0.1, 0.15) is 5.01 Å². The van der Waals surface area contributed by atoms with Gasteiger partial charge in [0.15, 0.2) is 0 Å². The van der Waals surface area contributed by atoms with Gasteiger partial charge in [-0.15, -0.1) is 10.2 Å². The topological polar surface area (TPSA) is 51.8 Å². The van der Waals surface area contributed by atoms with Crippen LogP contribution >= 0.6 is 11.3 Å². The molecule has 0 saturated heterocycles. The Kier molecular flexibility index (Phi) is 1.84. The molecule has 1 atom stereocenters. The number of rotatable bonds is 1. The molecule has 1 unspecified atom stereocenters. The van der Waals surface area contributed by atoms with E-state index in [0.29, 0.717) is 11.3 Å². The SMILES string of the molecule is CC1(c2nnc(N)s2)CC(F)(F)C1(F)F. The number of halogens is 4. The molecule has 15 heavy (non-hydrogen) atoms. The zero-order valence-electron chi connectivity index (χ0n) is 7.60. The summed E-state index contributed by atoms with van der Waals surface area (Å²) in [6.45, 7) is 1.05. The molecule has 1 aliphatic rings. The highest BCUT2D eigenvalue weighted by Crippen LogP contribution is 2.64. The monoisotopic (exact) mass is 241 g/mol. The molecule has 1 saturated carbocycles. The fourth-order valence-corrected chi connectivity index (χ4v) is 2.42. The van der Waals surface area contributed by atoms with Crippen molar-refractivity contribution in [1.29, 1.82) is 0 Å². The van der Waals surface area contributed by atoms with Crippen LogP contribution in [0.25, 0.3) is 0 Å². The normalized spacial score (nSPS) is 32.3. The summed E-state index contributed by atoms with van der Waals surface area (Å²) >= 11 is 0.716. The van der Waals surface area contributed by atoms with E-state index in [1.807, 2.05) is 0 Å². The van der Waals surface area contributed by atoms with E-state index in [0.717, 1.165) is 6.92 Å². The standard InChI is InChI=1S/C7H7F4N3S/c1-5(3-13-14-4(12)15-3)2-6(8,9)7(5,10)11/h2H2,1H3,(H2,12,14). The minimum Gasteiger partial charge on any atom is -0.374 e. The van der Waals surface area contributed by atoms with Crippen LogP contribution in [0.3, 0.4) is 0 Å². The molecule has 0 bridgehead atoms. The van der Waals surface area contributed by atoms with E-state index < -0.39 is 23.7 Å². The average molecular weight is 241 g/mol. The van der Waals surface area contributed by atoms with Crippen LogP contribution in [0.2, 0.25) is 0 Å². The van der Waals surface area contributed by atoms with E-state index in [4.69, 9.17) is 5.73 Å². The van der Waals surface area contributed by atoms with Crippen LogP contribution < -0.4 is 5.73 Å². The first-order chi connectivity index (χ1) is 6.71. The first-order valence-electron chi connectivity index (χ1n) is 4.06. The van der Waals surface area contributed by atoms with E-state index in [2.05, 4.69) is 10.2 Å². The van der Waals surface area contributed by atoms with Crippen molar-refractivity contribution in [2.75, 3.05) is 5.73 Å². The van der Waals surface area contributed by atoms with Crippen molar-refractivity contribution in [2.45, 2.75) is 30.6 Å². The van der Waals surface area contributed by atoms with Crippen LogP contribution in [0.15, 0.2) is 0 Å². The summed E-state index contributed by atoms with van der Waals surface area (Å²) in [6.07, 6.45) is -0.929. The molecule has 1 heterocycles. The molecule has 2 N–H and O–H groups in total. The average Bonchev–Trinajstić information content (AvgIpc) is 2.50. The molecule has 1 fully saturated rings. The van der Waals surface area contributed by atoms with Gasteiger partial charge in [-0.25, -0.2) is 0 Å². The fraction of sp³-hybridized carbons (Fsp3) is 0.714. The molecule has 84 valence electrons. The molecule has 0 amide bonds. The summed E-state index contributed by atoms with van der Waals surface area (Å²) in [5.41, 5.74) is 3.27. The molecule has 1 aromatic rings. The van der Waals surface area contributed by atoms with Crippen LogP contribution in [-0.2, 0) is 5.41 Å². The second kappa shape index (κ2) is 2.60. The smallest absolute Gasteiger partial charge is 0.322 e. The minimum atomic E-state index is -4.09. The van der Waals surface area contributed by atoms with Crippen LogP contribution in [0, 0.1) is 0 Å². The minimum absolute atomic E-state index is 0.00255. The predicted octanol–water partition coefficient (Wildman–Crippen LogP) is 2.05. The third-order valence-electron chi connectivity index (χ3n) is 2.64. The van der Waals surface area contributed by atoms with Crippen molar-refractivity contribution in [3.63, 3.8) is 0 Å². The van der Waals surface area contributed by atoms with E-state index in [1.165, 1.54) is 0 Å². The lowest BCUT2D eigenvalue weighted by Crippen LogP contribution is -2.67. The Labute approximate surface area is 86.3 Å². The number of hydrogen-bond donors (Lipinski definition) is 1. The molecule has 1 aliphatic carbocycles. The lowest BCUT2D eigenvalue weighted by Gasteiger charge is -2.50. The first kappa shape index (κ1) is 10.6. The zero-order valence-corrected chi connectivity index (χ0v) is 8.42. The lowest BCUT2D eigenvalue weighted by atomic mass is 9.64. The fourth-order valence-electron chi connectivity index (χ4n) is 1.63. The second-order valence-electron chi connectivity index (χ2n) is 3.73. The Morgan fingerprint density at radius 1 is 1.27 bits per heavy atom. The van der Waals surface area contributed by atoms with Crippen LogP contribution in [0.4, 0.5) is 22.7 Å². The third-order valence-corrected chi connectivity index (χ3v) is 3.66. The summed E-state index contributed by atoms with van der Waals surface area (Å²) < 4.78 is 51.8. The van der Waals surface area contributed by atoms with Gasteiger partial charge < -0.3 is 5.73 Å². The zero-order chi connectivity index (χ0) is 11.5. The summed E-state index contributed by atoms with van der Waals surface area (Å²) in [6, 6.07) is 0. The van der Waals surface area contributed by atoms with Gasteiger partial charge in [0, 0.05) is 6.42 Å². The van der Waals surface area contributed by atoms with Crippen molar-refractivity contribution in [3.05, 3.63) is 5.01 Å². The van der Waals surface area contributed by atoms with E-state index in [-0.39, 0.29) is 10.1 Å². The number of anilines is 1. The number of hydrogen-bond acceptors (Lipinski definition) is 4. The maximum atomic E-state index is 13.2. The predicted molar refractivity (Wildman–Crippen MR) is 46.2 cm³/mol. The summed E-state index contributed by atoms with van der Waals surface area (Å²) in [4.78, 5) is 0. The van der Waals surface area contributed by atoms with Crippen molar-refractivity contribution in [2.24, 2.45) is 0 Å². The van der Waals surface area contributed by atoms with Crippen molar-refractivity contribution < 1.29 is 17.6 Å². The molecule has 0 radical (unpaired) electrons. The quantitative estimate of drug-likeness (QED) is 0.765. The highest BCUT2D eigenvalue weighted by Gasteiger charge is 2.79. The van der Waals surface area contributed by atoms with Crippen molar-refractivity contribution >= 4 is 16.5 Å².